The number of aliphatic hydroxyl groups excluding tert-OH is 1. The Bertz CT molecular complexity index is 649. The molecule has 0 radical (unpaired) electrons. The van der Waals surface area contributed by atoms with E-state index in [1.165, 1.54) is 11.0 Å². The van der Waals surface area contributed by atoms with E-state index >= 15 is 0 Å². The van der Waals surface area contributed by atoms with Crippen LogP contribution in [0.2, 0.25) is 5.02 Å². The van der Waals surface area contributed by atoms with E-state index in [-0.39, 0.29) is 25.1 Å². The van der Waals surface area contributed by atoms with E-state index in [1.54, 1.807) is 29.2 Å². The zero-order chi connectivity index (χ0) is 16.2. The number of tetrazole rings is 1. The predicted molar refractivity (Wildman–Crippen MR) is 80.9 cm³/mol. The molecule has 8 nitrogen and oxygen atoms in total. The molecule has 1 saturated heterocycles. The van der Waals surface area contributed by atoms with Crippen molar-refractivity contribution in [1.29, 1.82) is 0 Å². The third kappa shape index (κ3) is 3.96. The van der Waals surface area contributed by atoms with Gasteiger partial charge in [0.05, 0.1) is 6.54 Å². The first-order valence-corrected chi connectivity index (χ1v) is 7.58. The van der Waals surface area contributed by atoms with E-state index in [4.69, 9.17) is 16.3 Å². The van der Waals surface area contributed by atoms with Crippen molar-refractivity contribution in [3.05, 3.63) is 35.6 Å². The molecule has 1 aliphatic rings. The number of likely N-dealkylation sites (tertiary alicyclic amines) is 1. The molecule has 1 aromatic carbocycles. The topological polar surface area (TPSA) is 93.4 Å². The minimum atomic E-state index is -0.753. The smallest absolute Gasteiger partial charge is 0.244 e. The molecule has 0 saturated carbocycles. The van der Waals surface area contributed by atoms with E-state index in [0.717, 1.165) is 0 Å². The number of aromatic nitrogens is 4. The van der Waals surface area contributed by atoms with E-state index in [9.17, 15) is 9.90 Å². The molecule has 1 N–H and O–H groups in total. The highest BCUT2D eigenvalue weighted by atomic mass is 35.5. The largest absolute Gasteiger partial charge is 0.488 e. The van der Waals surface area contributed by atoms with Crippen molar-refractivity contribution in [3.8, 4) is 5.75 Å². The first-order chi connectivity index (χ1) is 11.1. The van der Waals surface area contributed by atoms with Crippen LogP contribution in [0.5, 0.6) is 5.75 Å². The molecular formula is C14H16ClN5O3. The highest BCUT2D eigenvalue weighted by molar-refractivity contribution is 6.30. The standard InChI is InChI=1S/C14H16ClN5O3/c15-10-1-3-11(4-2-10)23-13-5-6-19(7-12(13)21)14(22)8-20-9-16-17-18-20/h1-4,9,12-13,21H,5-8H2/t12-,13-/m1/s1. The van der Waals surface area contributed by atoms with Gasteiger partial charge in [0.2, 0.25) is 5.91 Å². The number of piperidine rings is 1. The molecule has 0 unspecified atom stereocenters. The molecule has 0 bridgehead atoms. The number of β-amino-alcohol motifs (C(OH)–C–C–N with tert-alkyl or cyclic N) is 1. The van der Waals surface area contributed by atoms with Gasteiger partial charge < -0.3 is 14.7 Å². The summed E-state index contributed by atoms with van der Waals surface area (Å²) in [4.78, 5) is 13.7. The predicted octanol–water partition coefficient (Wildman–Crippen LogP) is 0.367. The second kappa shape index (κ2) is 6.93. The maximum absolute atomic E-state index is 12.2. The van der Waals surface area contributed by atoms with E-state index in [1.807, 2.05) is 0 Å². The number of carbonyl (C=O) groups excluding carboxylic acids is 1. The van der Waals surface area contributed by atoms with Crippen molar-refractivity contribution in [2.45, 2.75) is 25.2 Å². The van der Waals surface area contributed by atoms with Crippen LogP contribution < -0.4 is 4.74 Å². The number of carbonyl (C=O) groups is 1. The average Bonchev–Trinajstić information content (AvgIpc) is 3.04. The fourth-order valence-electron chi connectivity index (χ4n) is 2.45. The van der Waals surface area contributed by atoms with Crippen LogP contribution in [0.4, 0.5) is 0 Å². The van der Waals surface area contributed by atoms with E-state index in [2.05, 4.69) is 15.5 Å². The molecule has 2 heterocycles. The summed E-state index contributed by atoms with van der Waals surface area (Å²) in [5.74, 6) is 0.508. The number of hydrogen-bond acceptors (Lipinski definition) is 6. The number of nitrogens with zero attached hydrogens (tertiary/aromatic N) is 5. The van der Waals surface area contributed by atoms with Gasteiger partial charge >= 0.3 is 0 Å². The Labute approximate surface area is 137 Å². The van der Waals surface area contributed by atoms with Crippen LogP contribution >= 0.6 is 11.6 Å². The number of rotatable bonds is 4. The number of hydrogen-bond donors (Lipinski definition) is 1. The molecule has 0 spiro atoms. The van der Waals surface area contributed by atoms with Gasteiger partial charge in [0.15, 0.2) is 0 Å². The van der Waals surface area contributed by atoms with Crippen LogP contribution in [0, 0.1) is 0 Å². The van der Waals surface area contributed by atoms with Crippen LogP contribution in [-0.4, -0.2) is 61.4 Å². The van der Waals surface area contributed by atoms with Gasteiger partial charge in [-0.05, 0) is 34.7 Å². The van der Waals surface area contributed by atoms with Gasteiger partial charge in [-0.2, -0.15) is 0 Å². The van der Waals surface area contributed by atoms with Gasteiger partial charge in [-0.3, -0.25) is 4.79 Å². The molecule has 3 rings (SSSR count). The van der Waals surface area contributed by atoms with Crippen LogP contribution in [-0.2, 0) is 11.3 Å². The molecule has 2 aromatic rings. The SMILES string of the molecule is O=C(Cn1cnnn1)N1CC[C@@H](Oc2ccc(Cl)cc2)[C@H](O)C1. The summed E-state index contributed by atoms with van der Waals surface area (Å²) in [5, 5.41) is 21.5. The number of benzene rings is 1. The Hall–Kier alpha value is -2.19. The maximum atomic E-state index is 12.2. The molecule has 0 aliphatic carbocycles. The summed E-state index contributed by atoms with van der Waals surface area (Å²) >= 11 is 5.83. The van der Waals surface area contributed by atoms with Crippen molar-refractivity contribution in [2.24, 2.45) is 0 Å². The molecule has 1 fully saturated rings. The Morgan fingerprint density at radius 2 is 2.17 bits per heavy atom. The summed E-state index contributed by atoms with van der Waals surface area (Å²) in [7, 11) is 0. The lowest BCUT2D eigenvalue weighted by molar-refractivity contribution is -0.137. The van der Waals surface area contributed by atoms with Crippen molar-refractivity contribution in [1.82, 2.24) is 25.1 Å². The van der Waals surface area contributed by atoms with E-state index < -0.39 is 6.10 Å². The number of aliphatic hydroxyl groups is 1. The summed E-state index contributed by atoms with van der Waals surface area (Å²) in [6.07, 6.45) is 0.820. The second-order valence-corrected chi connectivity index (χ2v) is 5.75. The van der Waals surface area contributed by atoms with Gasteiger partial charge in [-0.15, -0.1) is 5.10 Å². The summed E-state index contributed by atoms with van der Waals surface area (Å²) in [5.41, 5.74) is 0. The Kier molecular flexibility index (Phi) is 4.73. The second-order valence-electron chi connectivity index (χ2n) is 5.31. The van der Waals surface area contributed by atoms with Crippen molar-refractivity contribution in [2.75, 3.05) is 13.1 Å². The van der Waals surface area contributed by atoms with Gasteiger partial charge in [-0.25, -0.2) is 4.68 Å². The first-order valence-electron chi connectivity index (χ1n) is 7.20. The van der Waals surface area contributed by atoms with E-state index in [0.29, 0.717) is 23.7 Å². The number of ether oxygens (including phenoxy) is 1. The molecule has 122 valence electrons. The molecule has 9 heteroatoms. The van der Waals surface area contributed by atoms with Crippen LogP contribution in [0.1, 0.15) is 6.42 Å². The maximum Gasteiger partial charge on any atom is 0.244 e. The molecule has 23 heavy (non-hydrogen) atoms. The van der Waals surface area contributed by atoms with Gasteiger partial charge in [0.1, 0.15) is 30.8 Å². The third-order valence-electron chi connectivity index (χ3n) is 3.66. The summed E-state index contributed by atoms with van der Waals surface area (Å²) < 4.78 is 7.12. The lowest BCUT2D eigenvalue weighted by Gasteiger charge is -2.35. The highest BCUT2D eigenvalue weighted by Crippen LogP contribution is 2.21. The first kappa shape index (κ1) is 15.7. The highest BCUT2D eigenvalue weighted by Gasteiger charge is 2.31. The molecular weight excluding hydrogens is 322 g/mol. The zero-order valence-corrected chi connectivity index (χ0v) is 13.0. The minimum Gasteiger partial charge on any atom is -0.488 e. The Morgan fingerprint density at radius 1 is 1.39 bits per heavy atom. The molecule has 1 aliphatic heterocycles. The normalized spacial score (nSPS) is 21.2. The van der Waals surface area contributed by atoms with Crippen molar-refractivity contribution < 1.29 is 14.6 Å². The van der Waals surface area contributed by atoms with Crippen LogP contribution in [0.15, 0.2) is 30.6 Å². The quantitative estimate of drug-likeness (QED) is 0.866. The average molecular weight is 338 g/mol. The summed E-state index contributed by atoms with van der Waals surface area (Å²) in [6.45, 7) is 0.790. The van der Waals surface area contributed by atoms with Crippen LogP contribution in [0.25, 0.3) is 0 Å². The Morgan fingerprint density at radius 3 is 2.83 bits per heavy atom. The lowest BCUT2D eigenvalue weighted by atomic mass is 10.0. The van der Waals surface area contributed by atoms with Gasteiger partial charge in [0.25, 0.3) is 0 Å². The summed E-state index contributed by atoms with van der Waals surface area (Å²) in [6, 6.07) is 6.97. The molecule has 2 atom stereocenters. The van der Waals surface area contributed by atoms with Gasteiger partial charge in [-0.1, -0.05) is 11.6 Å². The fraction of sp³-hybridized carbons (Fsp3) is 0.429. The lowest BCUT2D eigenvalue weighted by Crippen LogP contribution is -2.51. The monoisotopic (exact) mass is 337 g/mol. The number of halogens is 1. The zero-order valence-electron chi connectivity index (χ0n) is 12.2. The minimum absolute atomic E-state index is 0.0580. The van der Waals surface area contributed by atoms with Crippen molar-refractivity contribution in [3.63, 3.8) is 0 Å². The Balaban J connectivity index is 1.54. The molecule has 1 aromatic heterocycles. The number of amides is 1. The van der Waals surface area contributed by atoms with Crippen molar-refractivity contribution >= 4 is 17.5 Å². The molecule has 1 amide bonds. The third-order valence-corrected chi connectivity index (χ3v) is 3.91. The van der Waals surface area contributed by atoms with Crippen LogP contribution in [0.3, 0.4) is 0 Å². The fourth-order valence-corrected chi connectivity index (χ4v) is 2.58. The van der Waals surface area contributed by atoms with Gasteiger partial charge in [0, 0.05) is 18.0 Å².